The smallest absolute Gasteiger partial charge is 0.0235 e. The first-order chi connectivity index (χ1) is 9.44. The fourth-order valence-electron chi connectivity index (χ4n) is 3.34. The third-order valence-corrected chi connectivity index (χ3v) is 5.08. The third-order valence-electron chi connectivity index (χ3n) is 5.08. The topological polar surface area (TPSA) is 18.5 Å². The minimum atomic E-state index is 0.341. The quantitative estimate of drug-likeness (QED) is 0.702. The molecule has 20 heavy (non-hydrogen) atoms. The fourth-order valence-corrected chi connectivity index (χ4v) is 3.34. The van der Waals surface area contributed by atoms with Gasteiger partial charge in [0.15, 0.2) is 0 Å². The molecular weight excluding hydrogens is 246 g/mol. The summed E-state index contributed by atoms with van der Waals surface area (Å²) >= 11 is 0. The predicted molar refractivity (Wildman–Crippen MR) is 89.3 cm³/mol. The molecule has 1 rings (SSSR count). The predicted octanol–water partition coefficient (Wildman–Crippen LogP) is 2.82. The van der Waals surface area contributed by atoms with Gasteiger partial charge in [-0.3, -0.25) is 4.90 Å². The van der Waals surface area contributed by atoms with E-state index >= 15 is 0 Å². The highest BCUT2D eigenvalue weighted by Gasteiger charge is 2.32. The van der Waals surface area contributed by atoms with E-state index in [0.29, 0.717) is 11.5 Å². The van der Waals surface area contributed by atoms with Crippen molar-refractivity contribution in [3.8, 4) is 0 Å². The van der Waals surface area contributed by atoms with Gasteiger partial charge in [-0.15, -0.1) is 0 Å². The highest BCUT2D eigenvalue weighted by atomic mass is 15.3. The van der Waals surface area contributed by atoms with Crippen molar-refractivity contribution in [2.75, 3.05) is 39.3 Å². The minimum Gasteiger partial charge on any atom is -0.314 e. The van der Waals surface area contributed by atoms with Crippen molar-refractivity contribution in [1.82, 2.24) is 15.1 Å². The van der Waals surface area contributed by atoms with Crippen LogP contribution in [0.4, 0.5) is 0 Å². The summed E-state index contributed by atoms with van der Waals surface area (Å²) in [5.41, 5.74) is 0.341. The van der Waals surface area contributed by atoms with Crippen LogP contribution >= 0.6 is 0 Å². The SMILES string of the molecule is CCCNC(C)C(C)(C)CN1CCC(N(CC)CC)C1. The van der Waals surface area contributed by atoms with Crippen LogP contribution in [0, 0.1) is 5.41 Å². The molecule has 0 bridgehead atoms. The average Bonchev–Trinajstić information content (AvgIpc) is 2.85. The monoisotopic (exact) mass is 283 g/mol. The Kier molecular flexibility index (Phi) is 7.49. The van der Waals surface area contributed by atoms with Gasteiger partial charge in [0.25, 0.3) is 0 Å². The van der Waals surface area contributed by atoms with E-state index in [-0.39, 0.29) is 0 Å². The van der Waals surface area contributed by atoms with Crippen LogP contribution in [-0.4, -0.2) is 61.2 Å². The third kappa shape index (κ3) is 5.01. The van der Waals surface area contributed by atoms with Crippen molar-refractivity contribution >= 4 is 0 Å². The van der Waals surface area contributed by atoms with E-state index < -0.39 is 0 Å². The normalized spacial score (nSPS) is 22.6. The molecule has 0 aromatic heterocycles. The van der Waals surface area contributed by atoms with Crippen LogP contribution in [0.3, 0.4) is 0 Å². The molecule has 3 nitrogen and oxygen atoms in total. The highest BCUT2D eigenvalue weighted by Crippen LogP contribution is 2.25. The Morgan fingerprint density at radius 1 is 1.25 bits per heavy atom. The zero-order chi connectivity index (χ0) is 15.2. The largest absolute Gasteiger partial charge is 0.314 e. The Morgan fingerprint density at radius 3 is 2.45 bits per heavy atom. The van der Waals surface area contributed by atoms with Gasteiger partial charge in [0.2, 0.25) is 0 Å². The molecule has 0 aromatic rings. The summed E-state index contributed by atoms with van der Waals surface area (Å²) in [5, 5.41) is 3.67. The fraction of sp³-hybridized carbons (Fsp3) is 1.00. The van der Waals surface area contributed by atoms with Gasteiger partial charge in [0.05, 0.1) is 0 Å². The zero-order valence-electron chi connectivity index (χ0n) is 14.7. The molecule has 1 aliphatic heterocycles. The molecule has 1 aliphatic rings. The molecule has 0 aromatic carbocycles. The molecule has 120 valence electrons. The van der Waals surface area contributed by atoms with E-state index in [9.17, 15) is 0 Å². The molecule has 2 atom stereocenters. The van der Waals surface area contributed by atoms with E-state index in [1.165, 1.54) is 45.6 Å². The Labute approximate surface area is 127 Å². The summed E-state index contributed by atoms with van der Waals surface area (Å²) in [6.07, 6.45) is 2.56. The van der Waals surface area contributed by atoms with E-state index in [4.69, 9.17) is 0 Å². The summed E-state index contributed by atoms with van der Waals surface area (Å²) in [6.45, 7) is 21.2. The molecule has 1 N–H and O–H groups in total. The molecule has 0 aliphatic carbocycles. The number of hydrogen-bond acceptors (Lipinski definition) is 3. The Hall–Kier alpha value is -0.120. The zero-order valence-corrected chi connectivity index (χ0v) is 14.7. The Balaban J connectivity index is 2.44. The van der Waals surface area contributed by atoms with Crippen molar-refractivity contribution in [3.63, 3.8) is 0 Å². The number of likely N-dealkylation sites (tertiary alicyclic amines) is 1. The second kappa shape index (κ2) is 8.35. The van der Waals surface area contributed by atoms with Gasteiger partial charge in [0, 0.05) is 25.2 Å². The first kappa shape index (κ1) is 17.9. The first-order valence-corrected chi connectivity index (χ1v) is 8.64. The summed E-state index contributed by atoms with van der Waals surface area (Å²) in [6, 6.07) is 1.36. The number of nitrogens with one attached hydrogen (secondary N) is 1. The van der Waals surface area contributed by atoms with Crippen molar-refractivity contribution < 1.29 is 0 Å². The standard InChI is InChI=1S/C17H37N3/c1-7-11-18-15(4)17(5,6)14-19-12-10-16(13-19)20(8-2)9-3/h15-16,18H,7-14H2,1-6H3. The summed E-state index contributed by atoms with van der Waals surface area (Å²) < 4.78 is 0. The van der Waals surface area contributed by atoms with Crippen molar-refractivity contribution in [3.05, 3.63) is 0 Å². The summed E-state index contributed by atoms with van der Waals surface area (Å²) in [4.78, 5) is 5.29. The number of hydrogen-bond donors (Lipinski definition) is 1. The molecule has 1 heterocycles. The lowest BCUT2D eigenvalue weighted by molar-refractivity contribution is 0.149. The van der Waals surface area contributed by atoms with Gasteiger partial charge < -0.3 is 10.2 Å². The van der Waals surface area contributed by atoms with Crippen molar-refractivity contribution in [1.29, 1.82) is 0 Å². The molecule has 0 amide bonds. The second-order valence-electron chi connectivity index (χ2n) is 7.06. The Morgan fingerprint density at radius 2 is 1.90 bits per heavy atom. The van der Waals surface area contributed by atoms with Gasteiger partial charge in [-0.1, -0.05) is 34.6 Å². The van der Waals surface area contributed by atoms with Gasteiger partial charge in [-0.05, 0) is 51.4 Å². The average molecular weight is 284 g/mol. The van der Waals surface area contributed by atoms with Crippen LogP contribution in [0.2, 0.25) is 0 Å². The van der Waals surface area contributed by atoms with Gasteiger partial charge >= 0.3 is 0 Å². The molecular formula is C17H37N3. The molecule has 1 fully saturated rings. The lowest BCUT2D eigenvalue weighted by atomic mass is 9.84. The van der Waals surface area contributed by atoms with Crippen LogP contribution in [0.15, 0.2) is 0 Å². The van der Waals surface area contributed by atoms with Crippen LogP contribution in [0.25, 0.3) is 0 Å². The lowest BCUT2D eigenvalue weighted by Crippen LogP contribution is -2.47. The number of nitrogens with zero attached hydrogens (tertiary/aromatic N) is 2. The molecule has 2 unspecified atom stereocenters. The van der Waals surface area contributed by atoms with Crippen LogP contribution in [0.5, 0.6) is 0 Å². The summed E-state index contributed by atoms with van der Waals surface area (Å²) in [5.74, 6) is 0. The lowest BCUT2D eigenvalue weighted by Gasteiger charge is -2.36. The number of rotatable bonds is 9. The van der Waals surface area contributed by atoms with Crippen LogP contribution in [-0.2, 0) is 0 Å². The summed E-state index contributed by atoms with van der Waals surface area (Å²) in [7, 11) is 0. The van der Waals surface area contributed by atoms with E-state index in [1.807, 2.05) is 0 Å². The van der Waals surface area contributed by atoms with E-state index in [2.05, 4.69) is 56.7 Å². The molecule has 3 heteroatoms. The second-order valence-corrected chi connectivity index (χ2v) is 7.06. The maximum Gasteiger partial charge on any atom is 0.0235 e. The molecule has 0 saturated carbocycles. The van der Waals surface area contributed by atoms with Gasteiger partial charge in [-0.25, -0.2) is 0 Å². The van der Waals surface area contributed by atoms with Gasteiger partial charge in [0.1, 0.15) is 0 Å². The maximum atomic E-state index is 3.67. The van der Waals surface area contributed by atoms with Gasteiger partial charge in [-0.2, -0.15) is 0 Å². The highest BCUT2D eigenvalue weighted by molar-refractivity contribution is 4.89. The maximum absolute atomic E-state index is 3.67. The minimum absolute atomic E-state index is 0.341. The van der Waals surface area contributed by atoms with Crippen LogP contribution in [0.1, 0.15) is 54.4 Å². The molecule has 0 radical (unpaired) electrons. The van der Waals surface area contributed by atoms with Crippen LogP contribution < -0.4 is 5.32 Å². The number of likely N-dealkylation sites (N-methyl/N-ethyl adjacent to an activating group) is 1. The van der Waals surface area contributed by atoms with Crippen molar-refractivity contribution in [2.45, 2.75) is 66.5 Å². The van der Waals surface area contributed by atoms with E-state index in [0.717, 1.165) is 12.6 Å². The van der Waals surface area contributed by atoms with E-state index in [1.54, 1.807) is 0 Å². The Bertz CT molecular complexity index is 261. The van der Waals surface area contributed by atoms with Crippen molar-refractivity contribution in [2.24, 2.45) is 5.41 Å². The molecule has 1 saturated heterocycles. The first-order valence-electron chi connectivity index (χ1n) is 8.64. The molecule has 0 spiro atoms.